The van der Waals surface area contributed by atoms with Crippen LogP contribution in [0.1, 0.15) is 21.5 Å². The fourth-order valence-corrected chi connectivity index (χ4v) is 2.68. The average molecular weight is 361 g/mol. The SMILES string of the molecule is Cc1ccccc1NC(=O)c1cc([N+](=O)[O-])ccc1NCc1ccccc1. The number of nitro benzene ring substituents is 1. The summed E-state index contributed by atoms with van der Waals surface area (Å²) in [6, 6.07) is 21.3. The van der Waals surface area contributed by atoms with Crippen LogP contribution in [0.25, 0.3) is 0 Å². The Morgan fingerprint density at radius 1 is 0.963 bits per heavy atom. The number of benzene rings is 3. The Bertz CT molecular complexity index is 971. The Hall–Kier alpha value is -3.67. The van der Waals surface area contributed by atoms with Gasteiger partial charge in [-0.25, -0.2) is 0 Å². The molecule has 0 unspecified atom stereocenters. The smallest absolute Gasteiger partial charge is 0.270 e. The largest absolute Gasteiger partial charge is 0.380 e. The van der Waals surface area contributed by atoms with E-state index in [0.717, 1.165) is 11.1 Å². The monoisotopic (exact) mass is 361 g/mol. The first kappa shape index (κ1) is 18.1. The van der Waals surface area contributed by atoms with Gasteiger partial charge in [0, 0.05) is 30.1 Å². The number of hydrogen-bond donors (Lipinski definition) is 2. The van der Waals surface area contributed by atoms with Gasteiger partial charge >= 0.3 is 0 Å². The topological polar surface area (TPSA) is 84.3 Å². The summed E-state index contributed by atoms with van der Waals surface area (Å²) in [4.78, 5) is 23.4. The molecular formula is C21H19N3O3. The highest BCUT2D eigenvalue weighted by molar-refractivity contribution is 6.08. The molecule has 6 heteroatoms. The van der Waals surface area contributed by atoms with Crippen LogP contribution in [0.3, 0.4) is 0 Å². The predicted molar refractivity (Wildman–Crippen MR) is 106 cm³/mol. The van der Waals surface area contributed by atoms with Crippen LogP contribution in [-0.4, -0.2) is 10.8 Å². The third-order valence-electron chi connectivity index (χ3n) is 4.18. The Morgan fingerprint density at radius 2 is 1.67 bits per heavy atom. The van der Waals surface area contributed by atoms with Crippen molar-refractivity contribution in [2.75, 3.05) is 10.6 Å². The predicted octanol–water partition coefficient (Wildman–Crippen LogP) is 4.77. The lowest BCUT2D eigenvalue weighted by Crippen LogP contribution is -2.16. The number of carbonyl (C=O) groups excluding carboxylic acids is 1. The van der Waals surface area contributed by atoms with Gasteiger partial charge in [-0.1, -0.05) is 48.5 Å². The molecule has 6 nitrogen and oxygen atoms in total. The molecule has 3 aromatic carbocycles. The lowest BCUT2D eigenvalue weighted by molar-refractivity contribution is -0.384. The molecule has 0 saturated carbocycles. The molecule has 0 aromatic heterocycles. The summed E-state index contributed by atoms with van der Waals surface area (Å²) < 4.78 is 0. The van der Waals surface area contributed by atoms with Crippen molar-refractivity contribution < 1.29 is 9.72 Å². The highest BCUT2D eigenvalue weighted by atomic mass is 16.6. The van der Waals surface area contributed by atoms with Crippen LogP contribution in [0.15, 0.2) is 72.8 Å². The van der Waals surface area contributed by atoms with E-state index in [1.54, 1.807) is 12.1 Å². The van der Waals surface area contributed by atoms with E-state index >= 15 is 0 Å². The Kier molecular flexibility index (Phi) is 5.47. The number of rotatable bonds is 6. The van der Waals surface area contributed by atoms with E-state index < -0.39 is 10.8 Å². The Balaban J connectivity index is 1.88. The molecule has 1 amide bonds. The summed E-state index contributed by atoms with van der Waals surface area (Å²) in [6.45, 7) is 2.39. The summed E-state index contributed by atoms with van der Waals surface area (Å²) in [5.74, 6) is -0.399. The van der Waals surface area contributed by atoms with Crippen LogP contribution in [0.2, 0.25) is 0 Å². The van der Waals surface area contributed by atoms with Gasteiger partial charge in [-0.3, -0.25) is 14.9 Å². The molecule has 0 spiro atoms. The van der Waals surface area contributed by atoms with Crippen molar-refractivity contribution in [3.8, 4) is 0 Å². The average Bonchev–Trinajstić information content (AvgIpc) is 2.68. The first-order valence-electron chi connectivity index (χ1n) is 8.48. The van der Waals surface area contributed by atoms with Gasteiger partial charge in [-0.15, -0.1) is 0 Å². The molecule has 0 aliphatic carbocycles. The minimum Gasteiger partial charge on any atom is -0.380 e. The second-order valence-electron chi connectivity index (χ2n) is 6.10. The number of anilines is 2. The van der Waals surface area contributed by atoms with Crippen molar-refractivity contribution in [1.82, 2.24) is 0 Å². The Labute approximate surface area is 157 Å². The lowest BCUT2D eigenvalue weighted by Gasteiger charge is -2.13. The maximum Gasteiger partial charge on any atom is 0.270 e. The first-order valence-corrected chi connectivity index (χ1v) is 8.48. The van der Waals surface area contributed by atoms with Gasteiger partial charge in [0.2, 0.25) is 0 Å². The number of hydrogen-bond acceptors (Lipinski definition) is 4. The Morgan fingerprint density at radius 3 is 2.37 bits per heavy atom. The first-order chi connectivity index (χ1) is 13.0. The number of non-ortho nitro benzene ring substituents is 1. The molecule has 0 aliphatic rings. The van der Waals surface area contributed by atoms with Gasteiger partial charge in [-0.2, -0.15) is 0 Å². The molecule has 3 aromatic rings. The lowest BCUT2D eigenvalue weighted by atomic mass is 10.1. The highest BCUT2D eigenvalue weighted by Crippen LogP contribution is 2.24. The summed E-state index contributed by atoms with van der Waals surface area (Å²) in [5, 5.41) is 17.2. The second kappa shape index (κ2) is 8.14. The van der Waals surface area contributed by atoms with Crippen molar-refractivity contribution in [2.45, 2.75) is 13.5 Å². The molecule has 3 rings (SSSR count). The summed E-state index contributed by atoms with van der Waals surface area (Å²) in [7, 11) is 0. The fraction of sp³-hybridized carbons (Fsp3) is 0.0952. The van der Waals surface area contributed by atoms with Gasteiger partial charge in [0.25, 0.3) is 11.6 Å². The number of amides is 1. The zero-order valence-electron chi connectivity index (χ0n) is 14.8. The van der Waals surface area contributed by atoms with E-state index in [0.29, 0.717) is 17.9 Å². The fourth-order valence-electron chi connectivity index (χ4n) is 2.68. The molecular weight excluding hydrogens is 342 g/mol. The van der Waals surface area contributed by atoms with Gasteiger partial charge in [-0.05, 0) is 30.2 Å². The van der Waals surface area contributed by atoms with E-state index in [4.69, 9.17) is 0 Å². The quantitative estimate of drug-likeness (QED) is 0.489. The second-order valence-corrected chi connectivity index (χ2v) is 6.10. The summed E-state index contributed by atoms with van der Waals surface area (Å²) in [5.41, 5.74) is 3.26. The van der Waals surface area contributed by atoms with Gasteiger partial charge in [0.05, 0.1) is 10.5 Å². The third kappa shape index (κ3) is 4.49. The van der Waals surface area contributed by atoms with Crippen molar-refractivity contribution in [1.29, 1.82) is 0 Å². The number of aryl methyl sites for hydroxylation is 1. The van der Waals surface area contributed by atoms with Crippen LogP contribution in [0.4, 0.5) is 17.1 Å². The van der Waals surface area contributed by atoms with Crippen molar-refractivity contribution in [3.63, 3.8) is 0 Å². The molecule has 0 radical (unpaired) electrons. The molecule has 27 heavy (non-hydrogen) atoms. The van der Waals surface area contributed by atoms with E-state index in [-0.39, 0.29) is 11.3 Å². The van der Waals surface area contributed by atoms with Crippen molar-refractivity contribution in [2.24, 2.45) is 0 Å². The van der Waals surface area contributed by atoms with Gasteiger partial charge in [0.1, 0.15) is 0 Å². The molecule has 136 valence electrons. The van der Waals surface area contributed by atoms with E-state index in [9.17, 15) is 14.9 Å². The van der Waals surface area contributed by atoms with Crippen LogP contribution >= 0.6 is 0 Å². The van der Waals surface area contributed by atoms with Crippen LogP contribution in [0, 0.1) is 17.0 Å². The zero-order chi connectivity index (χ0) is 19.2. The molecule has 0 bridgehead atoms. The van der Waals surface area contributed by atoms with Crippen molar-refractivity contribution in [3.05, 3.63) is 99.6 Å². The van der Waals surface area contributed by atoms with E-state index in [1.165, 1.54) is 12.1 Å². The minimum absolute atomic E-state index is 0.129. The number of para-hydroxylation sites is 1. The van der Waals surface area contributed by atoms with Crippen LogP contribution in [0.5, 0.6) is 0 Å². The van der Waals surface area contributed by atoms with Crippen molar-refractivity contribution >= 4 is 23.0 Å². The zero-order valence-corrected chi connectivity index (χ0v) is 14.8. The van der Waals surface area contributed by atoms with Crippen LogP contribution < -0.4 is 10.6 Å². The molecule has 2 N–H and O–H groups in total. The molecule has 0 atom stereocenters. The number of nitro groups is 1. The standard InChI is InChI=1S/C21H19N3O3/c1-15-7-5-6-10-19(15)23-21(25)18-13-17(24(26)27)11-12-20(18)22-14-16-8-3-2-4-9-16/h2-13,22H,14H2,1H3,(H,23,25). The summed E-state index contributed by atoms with van der Waals surface area (Å²) in [6.07, 6.45) is 0. The number of nitrogens with zero attached hydrogens (tertiary/aromatic N) is 1. The highest BCUT2D eigenvalue weighted by Gasteiger charge is 2.17. The number of carbonyl (C=O) groups is 1. The van der Waals surface area contributed by atoms with Gasteiger partial charge in [0.15, 0.2) is 0 Å². The van der Waals surface area contributed by atoms with E-state index in [2.05, 4.69) is 10.6 Å². The summed E-state index contributed by atoms with van der Waals surface area (Å²) >= 11 is 0. The minimum atomic E-state index is -0.508. The molecule has 0 saturated heterocycles. The molecule has 0 fully saturated rings. The molecule has 0 heterocycles. The van der Waals surface area contributed by atoms with Gasteiger partial charge < -0.3 is 10.6 Å². The third-order valence-corrected chi connectivity index (χ3v) is 4.18. The number of nitrogens with one attached hydrogen (secondary N) is 2. The van der Waals surface area contributed by atoms with Crippen LogP contribution in [-0.2, 0) is 6.54 Å². The van der Waals surface area contributed by atoms with E-state index in [1.807, 2.05) is 55.5 Å². The normalized spacial score (nSPS) is 10.3. The molecule has 0 aliphatic heterocycles. The maximum atomic E-state index is 12.8. The maximum absolute atomic E-state index is 12.8.